The molecule has 0 unspecified atom stereocenters. The first-order valence-electron chi connectivity index (χ1n) is 6.86. The fourth-order valence-electron chi connectivity index (χ4n) is 1.69. The molecule has 0 saturated carbocycles. The minimum atomic E-state index is -0.512. The monoisotopic (exact) mass is 276 g/mol. The fraction of sp³-hybridized carbons (Fsp3) is 0.625. The van der Waals surface area contributed by atoms with Crippen molar-refractivity contribution >= 4 is 11.6 Å². The lowest BCUT2D eigenvalue weighted by Crippen LogP contribution is -2.24. The van der Waals surface area contributed by atoms with Crippen LogP contribution in [0.4, 0.5) is 0 Å². The molecule has 0 aliphatic rings. The van der Waals surface area contributed by atoms with Gasteiger partial charge in [-0.25, -0.2) is 9.97 Å². The van der Waals surface area contributed by atoms with Crippen molar-refractivity contribution in [2.24, 2.45) is 10.8 Å². The third-order valence-corrected chi connectivity index (χ3v) is 2.85. The van der Waals surface area contributed by atoms with Crippen LogP contribution in [0.1, 0.15) is 64.1 Å². The van der Waals surface area contributed by atoms with Gasteiger partial charge in [0.1, 0.15) is 5.78 Å². The van der Waals surface area contributed by atoms with Gasteiger partial charge >= 0.3 is 0 Å². The van der Waals surface area contributed by atoms with Gasteiger partial charge in [-0.3, -0.25) is 9.59 Å². The number of Topliss-reactive ketones (excluding diaryl/α,β-unsaturated/α-hetero) is 2. The standard InChI is InChI=1S/C16H24N2O2/c1-15(2,3)8-11-9-17-14(18-10-11)12(19)7-13(20)16(4,5)6/h9-10H,7-8H2,1-6H3. The van der Waals surface area contributed by atoms with Crippen LogP contribution in [0.15, 0.2) is 12.4 Å². The summed E-state index contributed by atoms with van der Waals surface area (Å²) in [6.07, 6.45) is 4.06. The van der Waals surface area contributed by atoms with E-state index in [9.17, 15) is 9.59 Å². The van der Waals surface area contributed by atoms with E-state index in [1.165, 1.54) is 0 Å². The number of ketones is 2. The quantitative estimate of drug-likeness (QED) is 0.625. The van der Waals surface area contributed by atoms with Crippen molar-refractivity contribution in [3.63, 3.8) is 0 Å². The molecule has 0 amide bonds. The second-order valence-electron chi connectivity index (χ2n) is 7.43. The Hall–Kier alpha value is -1.58. The predicted octanol–water partition coefficient (Wildman–Crippen LogP) is 3.25. The van der Waals surface area contributed by atoms with Gasteiger partial charge in [0, 0.05) is 17.8 Å². The van der Waals surface area contributed by atoms with Crippen LogP contribution in [0, 0.1) is 10.8 Å². The zero-order valence-electron chi connectivity index (χ0n) is 13.3. The van der Waals surface area contributed by atoms with E-state index in [0.29, 0.717) is 0 Å². The van der Waals surface area contributed by atoms with E-state index in [2.05, 4.69) is 30.7 Å². The minimum Gasteiger partial charge on any atom is -0.299 e. The summed E-state index contributed by atoms with van der Waals surface area (Å²) in [5.41, 5.74) is 0.634. The van der Waals surface area contributed by atoms with Crippen molar-refractivity contribution < 1.29 is 9.59 Å². The van der Waals surface area contributed by atoms with Crippen molar-refractivity contribution in [3.05, 3.63) is 23.8 Å². The fourth-order valence-corrected chi connectivity index (χ4v) is 1.69. The highest BCUT2D eigenvalue weighted by molar-refractivity contribution is 6.07. The molecule has 4 nitrogen and oxygen atoms in total. The molecule has 0 fully saturated rings. The molecule has 0 spiro atoms. The molecular formula is C16H24N2O2. The second kappa shape index (κ2) is 5.81. The predicted molar refractivity (Wildman–Crippen MR) is 78.6 cm³/mol. The van der Waals surface area contributed by atoms with Gasteiger partial charge in [0.15, 0.2) is 5.82 Å². The van der Waals surface area contributed by atoms with Gasteiger partial charge in [0.25, 0.3) is 0 Å². The molecule has 0 aliphatic heterocycles. The highest BCUT2D eigenvalue weighted by Gasteiger charge is 2.25. The third kappa shape index (κ3) is 5.19. The lowest BCUT2D eigenvalue weighted by Gasteiger charge is -2.17. The number of carbonyl (C=O) groups is 2. The van der Waals surface area contributed by atoms with Crippen molar-refractivity contribution in [3.8, 4) is 0 Å². The van der Waals surface area contributed by atoms with Crippen LogP contribution < -0.4 is 0 Å². The van der Waals surface area contributed by atoms with E-state index in [1.54, 1.807) is 33.2 Å². The van der Waals surface area contributed by atoms with Crippen LogP contribution >= 0.6 is 0 Å². The number of aromatic nitrogens is 2. The van der Waals surface area contributed by atoms with Crippen LogP contribution in [0.3, 0.4) is 0 Å². The Balaban J connectivity index is 2.74. The number of nitrogens with zero attached hydrogens (tertiary/aromatic N) is 2. The van der Waals surface area contributed by atoms with Crippen molar-refractivity contribution in [2.45, 2.75) is 54.4 Å². The molecule has 0 saturated heterocycles. The third-order valence-electron chi connectivity index (χ3n) is 2.85. The highest BCUT2D eigenvalue weighted by Crippen LogP contribution is 2.20. The topological polar surface area (TPSA) is 59.9 Å². The largest absolute Gasteiger partial charge is 0.299 e. The molecule has 0 aromatic carbocycles. The van der Waals surface area contributed by atoms with Crippen LogP contribution in [-0.2, 0) is 11.2 Å². The van der Waals surface area contributed by atoms with E-state index in [-0.39, 0.29) is 29.2 Å². The number of rotatable bonds is 4. The van der Waals surface area contributed by atoms with Crippen LogP contribution in [-0.4, -0.2) is 21.5 Å². The number of hydrogen-bond acceptors (Lipinski definition) is 4. The van der Waals surface area contributed by atoms with Gasteiger partial charge in [-0.05, 0) is 17.4 Å². The summed E-state index contributed by atoms with van der Waals surface area (Å²) < 4.78 is 0. The molecule has 1 aromatic rings. The van der Waals surface area contributed by atoms with Crippen LogP contribution in [0.25, 0.3) is 0 Å². The van der Waals surface area contributed by atoms with Gasteiger partial charge in [0.2, 0.25) is 5.78 Å². The maximum atomic E-state index is 12.0. The maximum absolute atomic E-state index is 12.0. The summed E-state index contributed by atoms with van der Waals surface area (Å²) in [7, 11) is 0. The molecule has 1 rings (SSSR count). The molecule has 4 heteroatoms. The molecule has 0 bridgehead atoms. The van der Waals surface area contributed by atoms with Crippen LogP contribution in [0.2, 0.25) is 0 Å². The zero-order valence-corrected chi connectivity index (χ0v) is 13.3. The Morgan fingerprint density at radius 2 is 1.50 bits per heavy atom. The number of hydrogen-bond donors (Lipinski definition) is 0. The summed E-state index contributed by atoms with van der Waals surface area (Å²) in [6.45, 7) is 11.8. The lowest BCUT2D eigenvalue weighted by atomic mass is 9.88. The summed E-state index contributed by atoms with van der Waals surface area (Å²) in [4.78, 5) is 31.9. The Bertz CT molecular complexity index is 491. The molecular weight excluding hydrogens is 252 g/mol. The molecule has 0 N–H and O–H groups in total. The number of carbonyl (C=O) groups excluding carboxylic acids is 2. The van der Waals surface area contributed by atoms with Crippen molar-refractivity contribution in [1.29, 1.82) is 0 Å². The van der Waals surface area contributed by atoms with Crippen LogP contribution in [0.5, 0.6) is 0 Å². The highest BCUT2D eigenvalue weighted by atomic mass is 16.1. The molecule has 0 atom stereocenters. The first-order chi connectivity index (χ1) is 8.99. The Morgan fingerprint density at radius 3 is 1.90 bits per heavy atom. The average Bonchev–Trinajstić information content (AvgIpc) is 2.26. The zero-order chi connectivity index (χ0) is 15.6. The Kier molecular flexibility index (Phi) is 4.79. The molecule has 1 aromatic heterocycles. The van der Waals surface area contributed by atoms with E-state index in [0.717, 1.165) is 12.0 Å². The lowest BCUT2D eigenvalue weighted by molar-refractivity contribution is -0.125. The molecule has 20 heavy (non-hydrogen) atoms. The minimum absolute atomic E-state index is 0.0927. The molecule has 1 heterocycles. The van der Waals surface area contributed by atoms with Gasteiger partial charge in [-0.1, -0.05) is 41.5 Å². The smallest absolute Gasteiger partial charge is 0.207 e. The molecule has 0 aliphatic carbocycles. The summed E-state index contributed by atoms with van der Waals surface area (Å²) >= 11 is 0. The second-order valence-corrected chi connectivity index (χ2v) is 7.43. The van der Waals surface area contributed by atoms with Gasteiger partial charge in [0.05, 0.1) is 6.42 Å². The Labute approximate surface area is 121 Å². The van der Waals surface area contributed by atoms with Gasteiger partial charge < -0.3 is 0 Å². The van der Waals surface area contributed by atoms with Gasteiger partial charge in [-0.2, -0.15) is 0 Å². The van der Waals surface area contributed by atoms with Crippen molar-refractivity contribution in [1.82, 2.24) is 9.97 Å². The SMILES string of the molecule is CC(C)(C)Cc1cnc(C(=O)CC(=O)C(C)(C)C)nc1. The maximum Gasteiger partial charge on any atom is 0.207 e. The first kappa shape index (κ1) is 16.5. The van der Waals surface area contributed by atoms with E-state index in [4.69, 9.17) is 0 Å². The first-order valence-corrected chi connectivity index (χ1v) is 6.86. The molecule has 110 valence electrons. The normalized spacial score (nSPS) is 12.3. The summed E-state index contributed by atoms with van der Waals surface area (Å²) in [5, 5.41) is 0. The molecule has 0 radical (unpaired) electrons. The van der Waals surface area contributed by atoms with E-state index >= 15 is 0 Å². The summed E-state index contributed by atoms with van der Waals surface area (Å²) in [5.74, 6) is -0.280. The van der Waals surface area contributed by atoms with Crippen molar-refractivity contribution in [2.75, 3.05) is 0 Å². The Morgan fingerprint density at radius 1 is 1.00 bits per heavy atom. The van der Waals surface area contributed by atoms with E-state index < -0.39 is 5.41 Å². The summed E-state index contributed by atoms with van der Waals surface area (Å²) in [6, 6.07) is 0. The average molecular weight is 276 g/mol. The van der Waals surface area contributed by atoms with E-state index in [1.807, 2.05) is 0 Å². The van der Waals surface area contributed by atoms with Gasteiger partial charge in [-0.15, -0.1) is 0 Å².